The first-order chi connectivity index (χ1) is 17.1. The lowest BCUT2D eigenvalue weighted by Crippen LogP contribution is -2.40. The van der Waals surface area contributed by atoms with Crippen molar-refractivity contribution in [3.8, 4) is 0 Å². The molecule has 0 unspecified atom stereocenters. The van der Waals surface area contributed by atoms with Crippen LogP contribution in [0, 0.1) is 5.92 Å². The molecule has 2 aliphatic rings. The van der Waals surface area contributed by atoms with E-state index in [-0.39, 0.29) is 11.8 Å². The molecular formula is C30H34ClN3O. The molecule has 0 saturated carbocycles. The Hall–Kier alpha value is -2.66. The monoisotopic (exact) mass is 487 g/mol. The van der Waals surface area contributed by atoms with Crippen molar-refractivity contribution in [3.05, 3.63) is 106 Å². The summed E-state index contributed by atoms with van der Waals surface area (Å²) in [5, 5.41) is 3.98. The van der Waals surface area contributed by atoms with Crippen LogP contribution in [0.2, 0.25) is 5.02 Å². The van der Waals surface area contributed by atoms with Crippen molar-refractivity contribution in [2.45, 2.75) is 45.4 Å². The Kier molecular flexibility index (Phi) is 7.82. The van der Waals surface area contributed by atoms with Crippen LogP contribution in [-0.2, 0) is 37.4 Å². The van der Waals surface area contributed by atoms with Crippen LogP contribution in [0.4, 0.5) is 0 Å². The summed E-state index contributed by atoms with van der Waals surface area (Å²) in [5.41, 5.74) is 6.64. The number of amides is 1. The number of rotatable bonds is 7. The van der Waals surface area contributed by atoms with Gasteiger partial charge in [-0.25, -0.2) is 0 Å². The van der Waals surface area contributed by atoms with Gasteiger partial charge in [0.1, 0.15) is 0 Å². The van der Waals surface area contributed by atoms with Gasteiger partial charge in [0.15, 0.2) is 0 Å². The summed E-state index contributed by atoms with van der Waals surface area (Å²) in [6.07, 6.45) is 2.93. The number of hydrogen-bond acceptors (Lipinski definition) is 3. The molecule has 0 atom stereocenters. The average Bonchev–Trinajstić information content (AvgIpc) is 2.88. The van der Waals surface area contributed by atoms with Gasteiger partial charge in [-0.2, -0.15) is 0 Å². The number of likely N-dealkylation sites (tertiary alicyclic amines) is 1. The highest BCUT2D eigenvalue weighted by atomic mass is 35.5. The van der Waals surface area contributed by atoms with E-state index in [1.807, 2.05) is 18.2 Å². The molecular weight excluding hydrogens is 454 g/mol. The van der Waals surface area contributed by atoms with E-state index in [0.29, 0.717) is 6.54 Å². The van der Waals surface area contributed by atoms with Gasteiger partial charge in [-0.15, -0.1) is 0 Å². The second kappa shape index (κ2) is 11.4. The van der Waals surface area contributed by atoms with E-state index in [1.165, 1.54) is 27.8 Å². The fourth-order valence-electron chi connectivity index (χ4n) is 5.37. The lowest BCUT2D eigenvalue weighted by Gasteiger charge is -2.31. The topological polar surface area (TPSA) is 35.6 Å². The van der Waals surface area contributed by atoms with Gasteiger partial charge in [0.25, 0.3) is 0 Å². The first-order valence-electron chi connectivity index (χ1n) is 12.7. The van der Waals surface area contributed by atoms with Gasteiger partial charge >= 0.3 is 0 Å². The number of carbonyl (C=O) groups is 1. The molecule has 2 heterocycles. The Labute approximate surface area is 213 Å². The number of halogens is 1. The fourth-order valence-corrected chi connectivity index (χ4v) is 5.58. The van der Waals surface area contributed by atoms with E-state index in [2.05, 4.69) is 69.7 Å². The SMILES string of the molecule is O=C(NCc1cccc(CN2CCc3ccccc3C2)c1)C1CCN(Cc2cccc(Cl)c2)CC1. The summed E-state index contributed by atoms with van der Waals surface area (Å²) in [5.74, 6) is 0.285. The fraction of sp³-hybridized carbons (Fsp3) is 0.367. The first-order valence-corrected chi connectivity index (χ1v) is 13.1. The molecule has 0 aliphatic carbocycles. The summed E-state index contributed by atoms with van der Waals surface area (Å²) < 4.78 is 0. The van der Waals surface area contributed by atoms with Crippen LogP contribution in [0.25, 0.3) is 0 Å². The predicted octanol–water partition coefficient (Wildman–Crippen LogP) is 5.43. The van der Waals surface area contributed by atoms with E-state index in [0.717, 1.165) is 63.6 Å². The molecule has 4 nitrogen and oxygen atoms in total. The molecule has 3 aromatic rings. The van der Waals surface area contributed by atoms with Gasteiger partial charge in [-0.1, -0.05) is 72.3 Å². The molecule has 5 rings (SSSR count). The second-order valence-corrected chi connectivity index (χ2v) is 10.4. The quantitative estimate of drug-likeness (QED) is 0.483. The van der Waals surface area contributed by atoms with Gasteiger partial charge in [0.05, 0.1) is 0 Å². The molecule has 1 fully saturated rings. The third-order valence-electron chi connectivity index (χ3n) is 7.33. The number of nitrogens with one attached hydrogen (secondary N) is 1. The number of piperidine rings is 1. The Bertz CT molecular complexity index is 1160. The first kappa shape index (κ1) is 24.1. The summed E-state index contributed by atoms with van der Waals surface area (Å²) >= 11 is 6.12. The maximum Gasteiger partial charge on any atom is 0.223 e. The van der Waals surface area contributed by atoms with Gasteiger partial charge < -0.3 is 5.32 Å². The molecule has 0 bridgehead atoms. The highest BCUT2D eigenvalue weighted by Gasteiger charge is 2.25. The highest BCUT2D eigenvalue weighted by molar-refractivity contribution is 6.30. The highest BCUT2D eigenvalue weighted by Crippen LogP contribution is 2.22. The third-order valence-corrected chi connectivity index (χ3v) is 7.56. The van der Waals surface area contributed by atoms with Gasteiger partial charge in [-0.05, 0) is 72.3 Å². The van der Waals surface area contributed by atoms with Crippen LogP contribution in [0.3, 0.4) is 0 Å². The summed E-state index contributed by atoms with van der Waals surface area (Å²) in [6.45, 7) is 6.42. The molecule has 1 saturated heterocycles. The minimum atomic E-state index is 0.0993. The number of carbonyl (C=O) groups excluding carboxylic acids is 1. The summed E-state index contributed by atoms with van der Waals surface area (Å²) in [6, 6.07) is 25.5. The average molecular weight is 488 g/mol. The van der Waals surface area contributed by atoms with Crippen molar-refractivity contribution in [1.29, 1.82) is 0 Å². The second-order valence-electron chi connectivity index (χ2n) is 9.95. The van der Waals surface area contributed by atoms with Crippen LogP contribution < -0.4 is 5.32 Å². The van der Waals surface area contributed by atoms with Crippen LogP contribution in [0.5, 0.6) is 0 Å². The molecule has 3 aromatic carbocycles. The zero-order chi connectivity index (χ0) is 24.0. The van der Waals surface area contributed by atoms with E-state index >= 15 is 0 Å². The Balaban J connectivity index is 1.08. The Morgan fingerprint density at radius 2 is 1.49 bits per heavy atom. The van der Waals surface area contributed by atoms with E-state index in [1.54, 1.807) is 0 Å². The van der Waals surface area contributed by atoms with Gasteiger partial charge in [0, 0.05) is 43.7 Å². The molecule has 1 amide bonds. The Morgan fingerprint density at radius 3 is 2.29 bits per heavy atom. The maximum absolute atomic E-state index is 12.8. The number of nitrogens with zero attached hydrogens (tertiary/aromatic N) is 2. The number of hydrogen-bond donors (Lipinski definition) is 1. The van der Waals surface area contributed by atoms with Crippen molar-refractivity contribution in [3.63, 3.8) is 0 Å². The predicted molar refractivity (Wildman–Crippen MR) is 142 cm³/mol. The summed E-state index contributed by atoms with van der Waals surface area (Å²) in [4.78, 5) is 17.8. The molecule has 35 heavy (non-hydrogen) atoms. The van der Waals surface area contributed by atoms with Crippen LogP contribution >= 0.6 is 11.6 Å². The maximum atomic E-state index is 12.8. The van der Waals surface area contributed by atoms with E-state index in [9.17, 15) is 4.79 Å². The summed E-state index contributed by atoms with van der Waals surface area (Å²) in [7, 11) is 0. The van der Waals surface area contributed by atoms with Crippen molar-refractivity contribution in [2.24, 2.45) is 5.92 Å². The van der Waals surface area contributed by atoms with Gasteiger partial charge in [-0.3, -0.25) is 14.6 Å². The van der Waals surface area contributed by atoms with Crippen LogP contribution in [0.1, 0.15) is 40.7 Å². The Morgan fingerprint density at radius 1 is 0.800 bits per heavy atom. The standard InChI is InChI=1S/C30H34ClN3O/c31-29-10-4-7-25(18-29)20-33-14-12-27(13-15-33)30(35)32-19-23-5-3-6-24(17-23)21-34-16-11-26-8-1-2-9-28(26)22-34/h1-10,17-18,27H,11-16,19-22H2,(H,32,35). The van der Waals surface area contributed by atoms with Crippen molar-refractivity contribution in [2.75, 3.05) is 19.6 Å². The van der Waals surface area contributed by atoms with Crippen molar-refractivity contribution >= 4 is 17.5 Å². The molecule has 182 valence electrons. The molecule has 0 radical (unpaired) electrons. The normalized spacial score (nSPS) is 17.2. The lowest BCUT2D eigenvalue weighted by atomic mass is 9.95. The zero-order valence-corrected chi connectivity index (χ0v) is 21.0. The van der Waals surface area contributed by atoms with Crippen LogP contribution in [-0.4, -0.2) is 35.3 Å². The zero-order valence-electron chi connectivity index (χ0n) is 20.3. The van der Waals surface area contributed by atoms with E-state index in [4.69, 9.17) is 11.6 Å². The largest absolute Gasteiger partial charge is 0.352 e. The molecule has 1 N–H and O–H groups in total. The van der Waals surface area contributed by atoms with Crippen molar-refractivity contribution < 1.29 is 4.79 Å². The lowest BCUT2D eigenvalue weighted by molar-refractivity contribution is -0.126. The number of fused-ring (bicyclic) bond motifs is 1. The molecule has 5 heteroatoms. The van der Waals surface area contributed by atoms with Crippen molar-refractivity contribution in [1.82, 2.24) is 15.1 Å². The molecule has 0 aromatic heterocycles. The molecule has 0 spiro atoms. The third kappa shape index (κ3) is 6.52. The minimum Gasteiger partial charge on any atom is -0.352 e. The molecule has 2 aliphatic heterocycles. The minimum absolute atomic E-state index is 0.0993. The van der Waals surface area contributed by atoms with Gasteiger partial charge in [0.2, 0.25) is 5.91 Å². The van der Waals surface area contributed by atoms with E-state index < -0.39 is 0 Å². The smallest absolute Gasteiger partial charge is 0.223 e. The number of benzene rings is 3. The van der Waals surface area contributed by atoms with Crippen LogP contribution in [0.15, 0.2) is 72.8 Å².